The molecule has 0 bridgehead atoms. The van der Waals surface area contributed by atoms with Crippen LogP contribution in [0.5, 0.6) is 5.75 Å². The van der Waals surface area contributed by atoms with E-state index in [1.807, 2.05) is 48.7 Å². The van der Waals surface area contributed by atoms with Crippen LogP contribution in [0.15, 0.2) is 71.4 Å². The van der Waals surface area contributed by atoms with Crippen LogP contribution in [0, 0.1) is 13.8 Å². The van der Waals surface area contributed by atoms with Crippen molar-refractivity contribution in [3.8, 4) is 28.3 Å². The van der Waals surface area contributed by atoms with Crippen molar-refractivity contribution in [2.45, 2.75) is 13.8 Å². The summed E-state index contributed by atoms with van der Waals surface area (Å²) in [5, 5.41) is 4.99. The first kappa shape index (κ1) is 24.9. The number of anilines is 1. The number of hydrogen-bond acceptors (Lipinski definition) is 7. The zero-order valence-electron chi connectivity index (χ0n) is 22.6. The molecule has 1 saturated heterocycles. The predicted octanol–water partition coefficient (Wildman–Crippen LogP) is 5.42. The lowest BCUT2D eigenvalue weighted by atomic mass is 9.97. The molecule has 8 nitrogen and oxygen atoms in total. The molecule has 1 aliphatic heterocycles. The van der Waals surface area contributed by atoms with Crippen molar-refractivity contribution in [2.75, 3.05) is 45.2 Å². The summed E-state index contributed by atoms with van der Waals surface area (Å²) in [4.78, 5) is 22.6. The number of methoxy groups -OCH3 is 1. The van der Waals surface area contributed by atoms with Crippen LogP contribution in [0.3, 0.4) is 0 Å². The Morgan fingerprint density at radius 1 is 0.923 bits per heavy atom. The van der Waals surface area contributed by atoms with Crippen molar-refractivity contribution >= 4 is 22.5 Å². The van der Waals surface area contributed by atoms with E-state index in [0.29, 0.717) is 17.3 Å². The van der Waals surface area contributed by atoms with Crippen molar-refractivity contribution in [1.82, 2.24) is 19.6 Å². The molecule has 0 spiro atoms. The van der Waals surface area contributed by atoms with Gasteiger partial charge in [0.1, 0.15) is 5.75 Å². The molecule has 6 rings (SSSR count). The second-order valence-corrected chi connectivity index (χ2v) is 10.1. The largest absolute Gasteiger partial charge is 0.495 e. The Hall–Kier alpha value is -4.43. The van der Waals surface area contributed by atoms with Gasteiger partial charge in [-0.2, -0.15) is 4.98 Å². The van der Waals surface area contributed by atoms with Crippen LogP contribution < -0.4 is 9.64 Å². The van der Waals surface area contributed by atoms with Crippen molar-refractivity contribution in [3.63, 3.8) is 0 Å². The summed E-state index contributed by atoms with van der Waals surface area (Å²) in [6.07, 6.45) is 1.84. The molecule has 2 aromatic heterocycles. The SMILES string of the molecule is COc1cc2ccn(C(=O)c3ccc(-c4ccc(-c5noc(C)n5)cc4C)cc3)c2cc1N1CCN(C)CC1. The number of aryl methyl sites for hydroxylation is 2. The number of likely N-dealkylation sites (N-methyl/N-ethyl adjacent to an activating group) is 1. The van der Waals surface area contributed by atoms with Gasteiger partial charge >= 0.3 is 0 Å². The highest BCUT2D eigenvalue weighted by atomic mass is 16.5. The van der Waals surface area contributed by atoms with E-state index >= 15 is 0 Å². The summed E-state index contributed by atoms with van der Waals surface area (Å²) >= 11 is 0. The third kappa shape index (κ3) is 4.68. The van der Waals surface area contributed by atoms with E-state index in [0.717, 1.165) is 70.8 Å². The zero-order chi connectivity index (χ0) is 27.1. The molecule has 0 unspecified atom stereocenters. The molecule has 8 heteroatoms. The van der Waals surface area contributed by atoms with Gasteiger partial charge in [0, 0.05) is 55.8 Å². The fourth-order valence-corrected chi connectivity index (χ4v) is 5.26. The number of nitrogens with zero attached hydrogens (tertiary/aromatic N) is 5. The van der Waals surface area contributed by atoms with Crippen LogP contribution in [-0.2, 0) is 0 Å². The molecule has 5 aromatic rings. The van der Waals surface area contributed by atoms with E-state index < -0.39 is 0 Å². The van der Waals surface area contributed by atoms with Crippen LogP contribution in [0.1, 0.15) is 21.8 Å². The Bertz CT molecular complexity index is 1660. The Labute approximate surface area is 227 Å². The van der Waals surface area contributed by atoms with E-state index in [4.69, 9.17) is 9.26 Å². The first-order valence-electron chi connectivity index (χ1n) is 13.1. The average molecular weight is 522 g/mol. The Kier molecular flexibility index (Phi) is 6.40. The maximum atomic E-state index is 13.6. The lowest BCUT2D eigenvalue weighted by Crippen LogP contribution is -2.44. The fourth-order valence-electron chi connectivity index (χ4n) is 5.26. The maximum absolute atomic E-state index is 13.6. The molecule has 3 heterocycles. The van der Waals surface area contributed by atoms with Gasteiger partial charge in [-0.05, 0) is 67.1 Å². The van der Waals surface area contributed by atoms with E-state index in [1.54, 1.807) is 18.6 Å². The molecule has 0 atom stereocenters. The van der Waals surface area contributed by atoms with Crippen molar-refractivity contribution in [1.29, 1.82) is 0 Å². The number of hydrogen-bond donors (Lipinski definition) is 0. The number of aromatic nitrogens is 3. The summed E-state index contributed by atoms with van der Waals surface area (Å²) in [7, 11) is 3.84. The number of carbonyl (C=O) groups is 1. The molecule has 1 aliphatic rings. The van der Waals surface area contributed by atoms with E-state index in [-0.39, 0.29) is 5.91 Å². The zero-order valence-corrected chi connectivity index (χ0v) is 22.6. The van der Waals surface area contributed by atoms with E-state index in [9.17, 15) is 4.79 Å². The molecule has 0 N–H and O–H groups in total. The molecular weight excluding hydrogens is 490 g/mol. The summed E-state index contributed by atoms with van der Waals surface area (Å²) in [5.74, 6) is 1.88. The molecule has 198 valence electrons. The highest BCUT2D eigenvalue weighted by Crippen LogP contribution is 2.35. The molecule has 0 saturated carbocycles. The molecule has 0 radical (unpaired) electrons. The van der Waals surface area contributed by atoms with Crippen LogP contribution in [0.25, 0.3) is 33.4 Å². The van der Waals surface area contributed by atoms with Gasteiger partial charge in [-0.1, -0.05) is 29.4 Å². The minimum Gasteiger partial charge on any atom is -0.495 e. The highest BCUT2D eigenvalue weighted by Gasteiger charge is 2.21. The van der Waals surface area contributed by atoms with Gasteiger partial charge in [-0.15, -0.1) is 0 Å². The third-order valence-corrected chi connectivity index (χ3v) is 7.51. The monoisotopic (exact) mass is 521 g/mol. The van der Waals surface area contributed by atoms with Crippen molar-refractivity contribution in [3.05, 3.63) is 83.9 Å². The first-order valence-corrected chi connectivity index (χ1v) is 13.1. The van der Waals surface area contributed by atoms with Gasteiger partial charge in [0.05, 0.1) is 18.3 Å². The standard InChI is InChI=1S/C31H31N5O3/c1-20-17-25(30-32-21(2)39-33-30)9-10-26(20)22-5-7-23(8-6-22)31(37)36-12-11-24-18-29(38-4)28(19-27(24)36)35-15-13-34(3)14-16-35/h5-12,17-19H,13-16H2,1-4H3. The number of fused-ring (bicyclic) bond motifs is 1. The summed E-state index contributed by atoms with van der Waals surface area (Å²) in [5.41, 5.74) is 6.67. The number of piperazine rings is 1. The summed E-state index contributed by atoms with van der Waals surface area (Å²) in [6, 6.07) is 20.0. The highest BCUT2D eigenvalue weighted by molar-refractivity contribution is 6.03. The Morgan fingerprint density at radius 2 is 1.67 bits per heavy atom. The maximum Gasteiger partial charge on any atom is 0.262 e. The van der Waals surface area contributed by atoms with Crippen LogP contribution in [0.2, 0.25) is 0 Å². The fraction of sp³-hybridized carbons (Fsp3) is 0.258. The first-order chi connectivity index (χ1) is 18.9. The third-order valence-electron chi connectivity index (χ3n) is 7.51. The number of benzene rings is 3. The minimum absolute atomic E-state index is 0.0643. The molecule has 1 fully saturated rings. The van der Waals surface area contributed by atoms with Gasteiger partial charge < -0.3 is 19.1 Å². The number of ether oxygens (including phenoxy) is 1. The second-order valence-electron chi connectivity index (χ2n) is 10.1. The van der Waals surface area contributed by atoms with Crippen LogP contribution >= 0.6 is 0 Å². The van der Waals surface area contributed by atoms with Gasteiger partial charge in [0.2, 0.25) is 11.7 Å². The molecular formula is C31H31N5O3. The smallest absolute Gasteiger partial charge is 0.262 e. The lowest BCUT2D eigenvalue weighted by Gasteiger charge is -2.34. The normalized spacial score (nSPS) is 14.2. The average Bonchev–Trinajstić information content (AvgIpc) is 3.58. The van der Waals surface area contributed by atoms with Gasteiger partial charge in [0.25, 0.3) is 5.91 Å². The predicted molar refractivity (Wildman–Crippen MR) is 153 cm³/mol. The van der Waals surface area contributed by atoms with Gasteiger partial charge in [0.15, 0.2) is 0 Å². The topological polar surface area (TPSA) is 76.6 Å². The van der Waals surface area contributed by atoms with Crippen molar-refractivity contribution in [2.24, 2.45) is 0 Å². The number of rotatable bonds is 5. The summed E-state index contributed by atoms with van der Waals surface area (Å²) in [6.45, 7) is 7.66. The van der Waals surface area contributed by atoms with E-state index in [1.165, 1.54) is 0 Å². The van der Waals surface area contributed by atoms with Gasteiger partial charge in [-0.25, -0.2) is 0 Å². The number of carbonyl (C=O) groups excluding carboxylic acids is 1. The lowest BCUT2D eigenvalue weighted by molar-refractivity contribution is 0.0965. The van der Waals surface area contributed by atoms with Gasteiger partial charge in [-0.3, -0.25) is 9.36 Å². The molecule has 0 amide bonds. The summed E-state index contributed by atoms with van der Waals surface area (Å²) < 4.78 is 12.6. The molecule has 3 aromatic carbocycles. The minimum atomic E-state index is -0.0643. The Balaban J connectivity index is 1.28. The molecule has 39 heavy (non-hydrogen) atoms. The molecule has 0 aliphatic carbocycles. The van der Waals surface area contributed by atoms with Crippen LogP contribution in [-0.4, -0.2) is 65.9 Å². The second kappa shape index (κ2) is 10.0. The Morgan fingerprint density at radius 3 is 2.33 bits per heavy atom. The van der Waals surface area contributed by atoms with Crippen LogP contribution in [0.4, 0.5) is 5.69 Å². The van der Waals surface area contributed by atoms with Crippen molar-refractivity contribution < 1.29 is 14.1 Å². The van der Waals surface area contributed by atoms with E-state index in [2.05, 4.69) is 52.1 Å². The quantitative estimate of drug-likeness (QED) is 0.305.